The van der Waals surface area contributed by atoms with E-state index in [1.54, 1.807) is 4.57 Å². The first-order chi connectivity index (χ1) is 14.0. The second-order valence-electron chi connectivity index (χ2n) is 7.46. The van der Waals surface area contributed by atoms with Crippen molar-refractivity contribution in [1.29, 1.82) is 0 Å². The summed E-state index contributed by atoms with van der Waals surface area (Å²) < 4.78 is 4.29. The van der Waals surface area contributed by atoms with Gasteiger partial charge in [-0.15, -0.1) is 21.5 Å². The Hall–Kier alpha value is -3.00. The summed E-state index contributed by atoms with van der Waals surface area (Å²) in [4.78, 5) is 25.2. The van der Waals surface area contributed by atoms with Crippen molar-refractivity contribution in [3.8, 4) is 0 Å². The zero-order valence-corrected chi connectivity index (χ0v) is 17.3. The van der Waals surface area contributed by atoms with Crippen molar-refractivity contribution >= 4 is 33.2 Å². The molecule has 0 saturated carbocycles. The van der Waals surface area contributed by atoms with Gasteiger partial charge in [0.05, 0.1) is 5.52 Å². The van der Waals surface area contributed by atoms with Crippen molar-refractivity contribution < 1.29 is 4.79 Å². The zero-order chi connectivity index (χ0) is 20.4. The summed E-state index contributed by atoms with van der Waals surface area (Å²) >= 11 is 1.42. The fourth-order valence-corrected chi connectivity index (χ4v) is 4.21. The highest BCUT2D eigenvalue weighted by atomic mass is 32.1. The van der Waals surface area contributed by atoms with Crippen molar-refractivity contribution in [2.45, 2.75) is 39.8 Å². The van der Waals surface area contributed by atoms with E-state index in [4.69, 9.17) is 0 Å². The van der Waals surface area contributed by atoms with Crippen molar-refractivity contribution in [1.82, 2.24) is 24.5 Å². The largest absolute Gasteiger partial charge is 0.352 e. The van der Waals surface area contributed by atoms with Crippen LogP contribution in [0.4, 0.5) is 0 Å². The number of carbonyl (C=O) groups excluding carboxylic acids is 1. The molecule has 0 saturated heterocycles. The lowest BCUT2D eigenvalue weighted by Crippen LogP contribution is -2.25. The van der Waals surface area contributed by atoms with Crippen molar-refractivity contribution in [2.24, 2.45) is 5.92 Å². The first-order valence-electron chi connectivity index (χ1n) is 9.69. The number of fused-ring (bicyclic) bond motifs is 3. The SMILES string of the molecule is CC(C)Cn1c(=O)c2sccc2n2c(CCC(=O)NCc3ccccc3)nnc12. The molecule has 4 rings (SSSR count). The second kappa shape index (κ2) is 8.16. The molecule has 1 aromatic carbocycles. The zero-order valence-electron chi connectivity index (χ0n) is 16.5. The normalized spacial score (nSPS) is 11.6. The molecule has 150 valence electrons. The molecule has 0 spiro atoms. The maximum absolute atomic E-state index is 12.9. The van der Waals surface area contributed by atoms with E-state index in [-0.39, 0.29) is 11.5 Å². The number of amides is 1. The summed E-state index contributed by atoms with van der Waals surface area (Å²) in [7, 11) is 0. The number of hydrogen-bond acceptors (Lipinski definition) is 5. The summed E-state index contributed by atoms with van der Waals surface area (Å²) in [5.41, 5.74) is 1.84. The van der Waals surface area contributed by atoms with E-state index in [0.29, 0.717) is 48.2 Å². The highest BCUT2D eigenvalue weighted by molar-refractivity contribution is 7.17. The van der Waals surface area contributed by atoms with Gasteiger partial charge in [0.25, 0.3) is 5.56 Å². The standard InChI is InChI=1S/C21H23N5O2S/c1-14(2)13-25-20(28)19-16(10-11-29-19)26-17(23-24-21(25)26)8-9-18(27)22-12-15-6-4-3-5-7-15/h3-7,10-11,14H,8-9,12-13H2,1-2H3,(H,22,27). The van der Waals surface area contributed by atoms with Crippen molar-refractivity contribution in [2.75, 3.05) is 0 Å². The van der Waals surface area contributed by atoms with Crippen LogP contribution < -0.4 is 10.9 Å². The fourth-order valence-electron chi connectivity index (χ4n) is 3.38. The highest BCUT2D eigenvalue weighted by Gasteiger charge is 2.18. The Kier molecular flexibility index (Phi) is 5.44. The molecule has 0 fully saturated rings. The van der Waals surface area contributed by atoms with E-state index in [1.807, 2.05) is 46.2 Å². The lowest BCUT2D eigenvalue weighted by molar-refractivity contribution is -0.121. The quantitative estimate of drug-likeness (QED) is 0.509. The molecular weight excluding hydrogens is 386 g/mol. The number of carbonyl (C=O) groups is 1. The molecule has 0 atom stereocenters. The molecular formula is C21H23N5O2S. The molecule has 1 amide bonds. The maximum atomic E-state index is 12.9. The van der Waals surface area contributed by atoms with Crippen LogP contribution >= 0.6 is 11.3 Å². The van der Waals surface area contributed by atoms with E-state index in [0.717, 1.165) is 11.1 Å². The van der Waals surface area contributed by atoms with Crippen LogP contribution in [0.25, 0.3) is 16.0 Å². The first kappa shape index (κ1) is 19.3. The molecule has 0 unspecified atom stereocenters. The second-order valence-corrected chi connectivity index (χ2v) is 8.37. The van der Waals surface area contributed by atoms with Gasteiger partial charge in [0.15, 0.2) is 0 Å². The van der Waals surface area contributed by atoms with Gasteiger partial charge in [-0.3, -0.25) is 18.6 Å². The summed E-state index contributed by atoms with van der Waals surface area (Å²) in [5, 5.41) is 13.4. The van der Waals surface area contributed by atoms with E-state index in [1.165, 1.54) is 11.3 Å². The molecule has 0 aliphatic carbocycles. The number of aromatic nitrogens is 4. The van der Waals surface area contributed by atoms with Crippen LogP contribution in [0.3, 0.4) is 0 Å². The van der Waals surface area contributed by atoms with Crippen LogP contribution in [0, 0.1) is 5.92 Å². The predicted octanol–water partition coefficient (Wildman–Crippen LogP) is 3.01. The number of hydrogen-bond donors (Lipinski definition) is 1. The number of thiophene rings is 1. The van der Waals surface area contributed by atoms with Gasteiger partial charge in [-0.05, 0) is 22.9 Å². The molecule has 0 radical (unpaired) electrons. The van der Waals surface area contributed by atoms with Gasteiger partial charge < -0.3 is 5.32 Å². The van der Waals surface area contributed by atoms with E-state index in [9.17, 15) is 9.59 Å². The summed E-state index contributed by atoms with van der Waals surface area (Å²) in [6.45, 7) is 5.21. The van der Waals surface area contributed by atoms with Gasteiger partial charge in [0.2, 0.25) is 11.7 Å². The van der Waals surface area contributed by atoms with Crippen molar-refractivity contribution in [3.63, 3.8) is 0 Å². The third-order valence-electron chi connectivity index (χ3n) is 4.74. The third kappa shape index (κ3) is 3.93. The number of nitrogens with zero attached hydrogens (tertiary/aromatic N) is 4. The molecule has 4 aromatic rings. The van der Waals surface area contributed by atoms with Crippen LogP contribution in [0.2, 0.25) is 0 Å². The molecule has 0 aliphatic rings. The Balaban J connectivity index is 1.57. The summed E-state index contributed by atoms with van der Waals surface area (Å²) in [6.07, 6.45) is 0.759. The predicted molar refractivity (Wildman–Crippen MR) is 114 cm³/mol. The van der Waals surface area contributed by atoms with Gasteiger partial charge in [-0.25, -0.2) is 0 Å². The minimum Gasteiger partial charge on any atom is -0.352 e. The Morgan fingerprint density at radius 2 is 1.97 bits per heavy atom. The summed E-state index contributed by atoms with van der Waals surface area (Å²) in [6, 6.07) is 11.7. The van der Waals surface area contributed by atoms with Crippen LogP contribution in [0.15, 0.2) is 46.6 Å². The lowest BCUT2D eigenvalue weighted by atomic mass is 10.2. The molecule has 0 aliphatic heterocycles. The Morgan fingerprint density at radius 1 is 1.17 bits per heavy atom. The van der Waals surface area contributed by atoms with Gasteiger partial charge in [-0.2, -0.15) is 0 Å². The number of nitrogens with one attached hydrogen (secondary N) is 1. The third-order valence-corrected chi connectivity index (χ3v) is 5.63. The highest BCUT2D eigenvalue weighted by Crippen LogP contribution is 2.20. The fraction of sp³-hybridized carbons (Fsp3) is 0.333. The van der Waals surface area contributed by atoms with Gasteiger partial charge >= 0.3 is 0 Å². The van der Waals surface area contributed by atoms with Crippen LogP contribution in [0.5, 0.6) is 0 Å². The smallest absolute Gasteiger partial charge is 0.272 e. The van der Waals surface area contributed by atoms with Gasteiger partial charge in [0.1, 0.15) is 10.5 Å². The van der Waals surface area contributed by atoms with Crippen LogP contribution in [0.1, 0.15) is 31.7 Å². The first-order valence-corrected chi connectivity index (χ1v) is 10.6. The monoisotopic (exact) mass is 409 g/mol. The van der Waals surface area contributed by atoms with E-state index in [2.05, 4.69) is 29.4 Å². The van der Waals surface area contributed by atoms with Gasteiger partial charge in [-0.1, -0.05) is 44.2 Å². The molecule has 3 heterocycles. The van der Waals surface area contributed by atoms with Gasteiger partial charge in [0, 0.05) is 25.9 Å². The molecule has 8 heteroatoms. The van der Waals surface area contributed by atoms with E-state index < -0.39 is 0 Å². The van der Waals surface area contributed by atoms with Crippen molar-refractivity contribution in [3.05, 3.63) is 63.5 Å². The topological polar surface area (TPSA) is 81.3 Å². The summed E-state index contributed by atoms with van der Waals surface area (Å²) in [5.74, 6) is 1.49. The number of benzene rings is 1. The molecule has 29 heavy (non-hydrogen) atoms. The Bertz CT molecular complexity index is 1210. The molecule has 0 bridgehead atoms. The minimum absolute atomic E-state index is 0.0317. The molecule has 3 aromatic heterocycles. The average Bonchev–Trinajstić information content (AvgIpc) is 3.35. The van der Waals surface area contributed by atoms with Crippen LogP contribution in [-0.2, 0) is 24.3 Å². The molecule has 1 N–H and O–H groups in total. The lowest BCUT2D eigenvalue weighted by Gasteiger charge is -2.11. The number of aryl methyl sites for hydroxylation is 1. The average molecular weight is 410 g/mol. The molecule has 7 nitrogen and oxygen atoms in total. The Labute approximate surface area is 172 Å². The number of rotatable bonds is 7. The Morgan fingerprint density at radius 3 is 2.72 bits per heavy atom. The van der Waals surface area contributed by atoms with Crippen LogP contribution in [-0.4, -0.2) is 25.1 Å². The minimum atomic E-state index is -0.0392. The van der Waals surface area contributed by atoms with E-state index >= 15 is 0 Å². The maximum Gasteiger partial charge on any atom is 0.272 e.